The van der Waals surface area contributed by atoms with Crippen LogP contribution in [-0.4, -0.2) is 13.2 Å². The lowest BCUT2D eigenvalue weighted by Crippen LogP contribution is -2.27. The maximum atomic E-state index is 13.1. The predicted molar refractivity (Wildman–Crippen MR) is 56.8 cm³/mol. The summed E-state index contributed by atoms with van der Waals surface area (Å²) < 4.78 is 31.1. The number of hydrogen-bond donors (Lipinski definition) is 1. The van der Waals surface area contributed by atoms with Crippen LogP contribution in [-0.2, 0) is 4.74 Å². The second kappa shape index (κ2) is 4.89. The molecule has 0 bridgehead atoms. The largest absolute Gasteiger partial charge is 0.381 e. The molecule has 1 aliphatic heterocycles. The summed E-state index contributed by atoms with van der Waals surface area (Å²) >= 11 is 0. The van der Waals surface area contributed by atoms with E-state index in [2.05, 4.69) is 0 Å². The monoisotopic (exact) mass is 227 g/mol. The molecule has 0 saturated carbocycles. The first-order valence-corrected chi connectivity index (χ1v) is 5.47. The van der Waals surface area contributed by atoms with Gasteiger partial charge in [0.2, 0.25) is 0 Å². The van der Waals surface area contributed by atoms with Gasteiger partial charge in [-0.25, -0.2) is 8.78 Å². The maximum Gasteiger partial charge on any atom is 0.159 e. The Hall–Kier alpha value is -1.00. The van der Waals surface area contributed by atoms with Crippen LogP contribution in [0.5, 0.6) is 0 Å². The van der Waals surface area contributed by atoms with Crippen LogP contribution in [0.4, 0.5) is 8.78 Å². The molecule has 0 spiro atoms. The molecule has 1 saturated heterocycles. The highest BCUT2D eigenvalue weighted by atomic mass is 19.2. The minimum absolute atomic E-state index is 0.237. The number of nitrogens with two attached hydrogens (primary N) is 1. The van der Waals surface area contributed by atoms with Gasteiger partial charge < -0.3 is 10.5 Å². The van der Waals surface area contributed by atoms with Crippen LogP contribution >= 0.6 is 0 Å². The molecule has 2 rings (SSSR count). The van der Waals surface area contributed by atoms with Gasteiger partial charge in [0.15, 0.2) is 11.6 Å². The summed E-state index contributed by atoms with van der Waals surface area (Å²) in [6, 6.07) is 3.64. The quantitative estimate of drug-likeness (QED) is 0.842. The third-order valence-electron chi connectivity index (χ3n) is 3.10. The zero-order valence-electron chi connectivity index (χ0n) is 8.96. The van der Waals surface area contributed by atoms with E-state index in [4.69, 9.17) is 10.5 Å². The van der Waals surface area contributed by atoms with Crippen molar-refractivity contribution in [1.29, 1.82) is 0 Å². The van der Waals surface area contributed by atoms with Crippen molar-refractivity contribution in [2.24, 2.45) is 11.7 Å². The summed E-state index contributed by atoms with van der Waals surface area (Å²) in [5, 5.41) is 0. The molecule has 4 heteroatoms. The molecule has 1 heterocycles. The van der Waals surface area contributed by atoms with Gasteiger partial charge in [0.05, 0.1) is 0 Å². The van der Waals surface area contributed by atoms with E-state index in [1.165, 1.54) is 6.07 Å². The first kappa shape index (κ1) is 11.5. The van der Waals surface area contributed by atoms with Crippen molar-refractivity contribution in [2.45, 2.75) is 18.9 Å². The lowest BCUT2D eigenvalue weighted by atomic mass is 9.88. The van der Waals surface area contributed by atoms with Crippen LogP contribution < -0.4 is 5.73 Å². The van der Waals surface area contributed by atoms with Crippen LogP contribution in [0.15, 0.2) is 18.2 Å². The fourth-order valence-corrected chi connectivity index (χ4v) is 2.07. The predicted octanol–water partition coefficient (Wildman–Crippen LogP) is 2.39. The Morgan fingerprint density at radius 1 is 1.19 bits per heavy atom. The second-order valence-electron chi connectivity index (χ2n) is 4.15. The standard InChI is InChI=1S/C12H15F2NO/c13-10-2-1-9(7-11(10)14)12(15)8-3-5-16-6-4-8/h1-2,7-8,12H,3-6,15H2/t12-/m0/s1. The Balaban J connectivity index is 2.12. The van der Waals surface area contributed by atoms with Gasteiger partial charge in [-0.1, -0.05) is 6.07 Å². The van der Waals surface area contributed by atoms with Crippen LogP contribution in [0, 0.1) is 17.6 Å². The van der Waals surface area contributed by atoms with Gasteiger partial charge in [0.25, 0.3) is 0 Å². The number of halogens is 2. The van der Waals surface area contributed by atoms with Crippen LogP contribution in [0.2, 0.25) is 0 Å². The zero-order valence-corrected chi connectivity index (χ0v) is 8.96. The van der Waals surface area contributed by atoms with E-state index in [0.717, 1.165) is 18.9 Å². The Morgan fingerprint density at radius 2 is 1.88 bits per heavy atom. The maximum absolute atomic E-state index is 13.1. The highest BCUT2D eigenvalue weighted by molar-refractivity contribution is 5.21. The van der Waals surface area contributed by atoms with E-state index in [0.29, 0.717) is 24.7 Å². The van der Waals surface area contributed by atoms with Crippen molar-refractivity contribution in [3.63, 3.8) is 0 Å². The van der Waals surface area contributed by atoms with E-state index >= 15 is 0 Å². The summed E-state index contributed by atoms with van der Waals surface area (Å²) in [6.07, 6.45) is 1.75. The Morgan fingerprint density at radius 3 is 2.50 bits per heavy atom. The number of ether oxygens (including phenoxy) is 1. The SMILES string of the molecule is N[C@H](c1ccc(F)c(F)c1)C1CCOCC1. The second-order valence-corrected chi connectivity index (χ2v) is 4.15. The average Bonchev–Trinajstić information content (AvgIpc) is 2.33. The van der Waals surface area contributed by atoms with Gasteiger partial charge in [-0.05, 0) is 36.5 Å². The molecule has 0 unspecified atom stereocenters. The van der Waals surface area contributed by atoms with E-state index in [9.17, 15) is 8.78 Å². The molecular weight excluding hydrogens is 212 g/mol. The lowest BCUT2D eigenvalue weighted by molar-refractivity contribution is 0.0583. The van der Waals surface area contributed by atoms with Gasteiger partial charge in [0, 0.05) is 19.3 Å². The minimum atomic E-state index is -0.833. The van der Waals surface area contributed by atoms with Gasteiger partial charge in [-0.15, -0.1) is 0 Å². The summed E-state index contributed by atoms with van der Waals surface area (Å²) in [7, 11) is 0. The van der Waals surface area contributed by atoms with Crippen molar-refractivity contribution in [3.05, 3.63) is 35.4 Å². The molecule has 0 amide bonds. The summed E-state index contributed by atoms with van der Waals surface area (Å²) in [6.45, 7) is 1.39. The fraction of sp³-hybridized carbons (Fsp3) is 0.500. The van der Waals surface area contributed by atoms with Gasteiger partial charge in [0.1, 0.15) is 0 Å². The van der Waals surface area contributed by atoms with Crippen LogP contribution in [0.1, 0.15) is 24.4 Å². The van der Waals surface area contributed by atoms with E-state index in [1.807, 2.05) is 0 Å². The molecule has 0 aromatic heterocycles. The van der Waals surface area contributed by atoms with Crippen LogP contribution in [0.25, 0.3) is 0 Å². The molecule has 88 valence electrons. The summed E-state index contributed by atoms with van der Waals surface area (Å²) in [5.41, 5.74) is 6.70. The number of rotatable bonds is 2. The highest BCUT2D eigenvalue weighted by Crippen LogP contribution is 2.28. The van der Waals surface area contributed by atoms with Crippen LogP contribution in [0.3, 0.4) is 0 Å². The normalized spacial score (nSPS) is 19.7. The Bertz CT molecular complexity index is 364. The smallest absolute Gasteiger partial charge is 0.159 e. The van der Waals surface area contributed by atoms with Crippen molar-refractivity contribution >= 4 is 0 Å². The van der Waals surface area contributed by atoms with Crippen molar-refractivity contribution in [3.8, 4) is 0 Å². The molecular formula is C12H15F2NO. The molecule has 16 heavy (non-hydrogen) atoms. The molecule has 0 aliphatic carbocycles. The fourth-order valence-electron chi connectivity index (χ4n) is 2.07. The molecule has 2 nitrogen and oxygen atoms in total. The number of hydrogen-bond acceptors (Lipinski definition) is 2. The topological polar surface area (TPSA) is 35.2 Å². The molecule has 1 aromatic rings. The summed E-state index contributed by atoms with van der Waals surface area (Å²) in [4.78, 5) is 0. The number of benzene rings is 1. The van der Waals surface area contributed by atoms with Crippen molar-refractivity contribution < 1.29 is 13.5 Å². The lowest BCUT2D eigenvalue weighted by Gasteiger charge is -2.27. The Kier molecular flexibility index (Phi) is 3.51. The van der Waals surface area contributed by atoms with Crippen molar-refractivity contribution in [1.82, 2.24) is 0 Å². The third kappa shape index (κ3) is 2.39. The third-order valence-corrected chi connectivity index (χ3v) is 3.10. The average molecular weight is 227 g/mol. The minimum Gasteiger partial charge on any atom is -0.381 e. The molecule has 1 fully saturated rings. The Labute approximate surface area is 93.4 Å². The molecule has 2 N–H and O–H groups in total. The highest BCUT2D eigenvalue weighted by Gasteiger charge is 2.22. The zero-order chi connectivity index (χ0) is 11.5. The molecule has 1 atom stereocenters. The van der Waals surface area contributed by atoms with Gasteiger partial charge in [-0.3, -0.25) is 0 Å². The first-order chi connectivity index (χ1) is 7.68. The van der Waals surface area contributed by atoms with E-state index in [-0.39, 0.29) is 6.04 Å². The first-order valence-electron chi connectivity index (χ1n) is 5.47. The van der Waals surface area contributed by atoms with Gasteiger partial charge >= 0.3 is 0 Å². The van der Waals surface area contributed by atoms with Crippen molar-refractivity contribution in [2.75, 3.05) is 13.2 Å². The van der Waals surface area contributed by atoms with E-state index < -0.39 is 11.6 Å². The summed E-state index contributed by atoms with van der Waals surface area (Å²) in [5.74, 6) is -1.37. The molecule has 0 radical (unpaired) electrons. The molecule has 1 aliphatic rings. The van der Waals surface area contributed by atoms with E-state index in [1.54, 1.807) is 6.07 Å². The molecule has 1 aromatic carbocycles. The van der Waals surface area contributed by atoms with Gasteiger partial charge in [-0.2, -0.15) is 0 Å².